The Morgan fingerprint density at radius 3 is 2.63 bits per heavy atom. The second kappa shape index (κ2) is 9.41. The molecule has 1 aliphatic carbocycles. The smallest absolute Gasteiger partial charge is 0.237 e. The molecule has 1 aliphatic heterocycles. The Morgan fingerprint density at radius 2 is 1.93 bits per heavy atom. The average Bonchev–Trinajstić information content (AvgIpc) is 2.70. The van der Waals surface area contributed by atoms with Crippen molar-refractivity contribution < 1.29 is 4.79 Å². The van der Waals surface area contributed by atoms with E-state index < -0.39 is 0 Å². The molecule has 0 unspecified atom stereocenters. The topological polar surface area (TPSA) is 35.6 Å². The summed E-state index contributed by atoms with van der Waals surface area (Å²) in [6, 6.07) is 6.48. The minimum atomic E-state index is -0.0499. The van der Waals surface area contributed by atoms with E-state index in [0.29, 0.717) is 0 Å². The molecule has 0 aromatic heterocycles. The number of carbonyl (C=O) groups is 1. The lowest BCUT2D eigenvalue weighted by Gasteiger charge is -2.39. The molecule has 1 N–H and O–H groups in total. The number of piperazine rings is 1. The van der Waals surface area contributed by atoms with Crippen LogP contribution in [0.1, 0.15) is 50.2 Å². The number of aryl methyl sites for hydroxylation is 1. The lowest BCUT2D eigenvalue weighted by molar-refractivity contribution is -0.125. The third-order valence-electron chi connectivity index (χ3n) is 6.29. The number of benzene rings is 1. The molecule has 1 aromatic rings. The highest BCUT2D eigenvalue weighted by atomic mass is 16.2. The maximum atomic E-state index is 12.5. The van der Waals surface area contributed by atoms with Crippen LogP contribution in [0, 0.1) is 13.8 Å². The van der Waals surface area contributed by atoms with Gasteiger partial charge in [-0.25, -0.2) is 0 Å². The van der Waals surface area contributed by atoms with Crippen LogP contribution in [0.4, 0.5) is 5.69 Å². The van der Waals surface area contributed by atoms with E-state index in [-0.39, 0.29) is 11.9 Å². The quantitative estimate of drug-likeness (QED) is 0.774. The van der Waals surface area contributed by atoms with Crippen molar-refractivity contribution >= 4 is 11.6 Å². The predicted molar refractivity (Wildman–Crippen MR) is 113 cm³/mol. The molecule has 1 heterocycles. The summed E-state index contributed by atoms with van der Waals surface area (Å²) in [7, 11) is 0. The number of carbonyl (C=O) groups excluding carboxylic acids is 1. The zero-order chi connectivity index (χ0) is 19.2. The molecule has 4 heteroatoms. The first-order valence-electron chi connectivity index (χ1n) is 10.6. The zero-order valence-electron chi connectivity index (χ0n) is 17.3. The maximum Gasteiger partial charge on any atom is 0.237 e. The van der Waals surface area contributed by atoms with E-state index in [0.717, 1.165) is 39.1 Å². The van der Waals surface area contributed by atoms with Crippen molar-refractivity contribution in [3.8, 4) is 0 Å². The van der Waals surface area contributed by atoms with Gasteiger partial charge in [-0.05, 0) is 70.1 Å². The van der Waals surface area contributed by atoms with Gasteiger partial charge in [0.15, 0.2) is 0 Å². The number of nitrogens with one attached hydrogen (secondary N) is 1. The Bertz CT molecular complexity index is 674. The minimum absolute atomic E-state index is 0.0499. The summed E-state index contributed by atoms with van der Waals surface area (Å²) >= 11 is 0. The molecule has 3 rings (SSSR count). The van der Waals surface area contributed by atoms with Gasteiger partial charge in [0.05, 0.1) is 6.04 Å². The first-order valence-corrected chi connectivity index (χ1v) is 10.6. The maximum absolute atomic E-state index is 12.5. The normalized spacial score (nSPS) is 19.5. The van der Waals surface area contributed by atoms with Gasteiger partial charge in [0.1, 0.15) is 0 Å². The van der Waals surface area contributed by atoms with Gasteiger partial charge in [-0.15, -0.1) is 0 Å². The standard InChI is InChI=1S/C23H35N3O/c1-18-8-7-11-22(19(18)2)26-16-14-25(15-17-26)20(3)23(27)24-13-12-21-9-5-4-6-10-21/h7-9,11,20H,4-6,10,12-17H2,1-3H3,(H,24,27)/t20-/m0/s1. The molecule has 1 atom stereocenters. The highest BCUT2D eigenvalue weighted by molar-refractivity contribution is 5.81. The summed E-state index contributed by atoms with van der Waals surface area (Å²) in [5.41, 5.74) is 5.58. The molecular formula is C23H35N3O. The molecule has 148 valence electrons. The Morgan fingerprint density at radius 1 is 1.15 bits per heavy atom. The summed E-state index contributed by atoms with van der Waals surface area (Å²) in [6.45, 7) is 11.0. The number of hydrogen-bond donors (Lipinski definition) is 1. The van der Waals surface area contributed by atoms with Gasteiger partial charge in [-0.1, -0.05) is 23.8 Å². The van der Waals surface area contributed by atoms with Crippen molar-refractivity contribution in [2.45, 2.75) is 58.9 Å². The van der Waals surface area contributed by atoms with E-state index >= 15 is 0 Å². The van der Waals surface area contributed by atoms with Crippen molar-refractivity contribution in [3.63, 3.8) is 0 Å². The fourth-order valence-corrected chi connectivity index (χ4v) is 4.22. The molecule has 1 saturated heterocycles. The van der Waals surface area contributed by atoms with Gasteiger partial charge in [-0.2, -0.15) is 0 Å². The van der Waals surface area contributed by atoms with Crippen molar-refractivity contribution in [2.75, 3.05) is 37.6 Å². The monoisotopic (exact) mass is 369 g/mol. The van der Waals surface area contributed by atoms with E-state index in [1.165, 1.54) is 48.1 Å². The molecule has 1 amide bonds. The number of rotatable bonds is 6. The van der Waals surface area contributed by atoms with Crippen LogP contribution in [-0.2, 0) is 4.79 Å². The lowest BCUT2D eigenvalue weighted by atomic mass is 9.97. The van der Waals surface area contributed by atoms with Gasteiger partial charge in [0.2, 0.25) is 5.91 Å². The van der Waals surface area contributed by atoms with Gasteiger partial charge >= 0.3 is 0 Å². The molecule has 1 fully saturated rings. The molecule has 0 spiro atoms. The molecule has 27 heavy (non-hydrogen) atoms. The van der Waals surface area contributed by atoms with Crippen LogP contribution in [0.5, 0.6) is 0 Å². The summed E-state index contributed by atoms with van der Waals surface area (Å²) in [5.74, 6) is 0.173. The van der Waals surface area contributed by atoms with Crippen LogP contribution in [0.25, 0.3) is 0 Å². The third kappa shape index (κ3) is 5.13. The molecule has 2 aliphatic rings. The average molecular weight is 370 g/mol. The number of amides is 1. The first kappa shape index (κ1) is 19.9. The van der Waals surface area contributed by atoms with Gasteiger partial charge in [-0.3, -0.25) is 9.69 Å². The summed E-state index contributed by atoms with van der Waals surface area (Å²) < 4.78 is 0. The highest BCUT2D eigenvalue weighted by Gasteiger charge is 2.26. The SMILES string of the molecule is Cc1cccc(N2CCN([C@@H](C)C(=O)NCCC3=CCCCC3)CC2)c1C. The summed E-state index contributed by atoms with van der Waals surface area (Å²) in [6.07, 6.45) is 8.43. The Kier molecular flexibility index (Phi) is 6.95. The summed E-state index contributed by atoms with van der Waals surface area (Å²) in [5, 5.41) is 3.15. The van der Waals surface area contributed by atoms with Crippen LogP contribution in [0.3, 0.4) is 0 Å². The van der Waals surface area contributed by atoms with Crippen LogP contribution >= 0.6 is 0 Å². The number of hydrogen-bond acceptors (Lipinski definition) is 3. The van der Waals surface area contributed by atoms with Gasteiger partial charge < -0.3 is 10.2 Å². The molecule has 0 saturated carbocycles. The number of nitrogens with zero attached hydrogens (tertiary/aromatic N) is 2. The second-order valence-electron chi connectivity index (χ2n) is 8.07. The fraction of sp³-hybridized carbons (Fsp3) is 0.609. The van der Waals surface area contributed by atoms with E-state index in [2.05, 4.69) is 53.2 Å². The minimum Gasteiger partial charge on any atom is -0.369 e. The van der Waals surface area contributed by atoms with E-state index in [4.69, 9.17) is 0 Å². The van der Waals surface area contributed by atoms with E-state index in [9.17, 15) is 4.79 Å². The number of anilines is 1. The summed E-state index contributed by atoms with van der Waals surface area (Å²) in [4.78, 5) is 17.3. The van der Waals surface area contributed by atoms with Crippen LogP contribution in [-0.4, -0.2) is 49.6 Å². The molecular weight excluding hydrogens is 334 g/mol. The molecule has 1 aromatic carbocycles. The Balaban J connectivity index is 1.44. The molecule has 4 nitrogen and oxygen atoms in total. The first-order chi connectivity index (χ1) is 13.1. The van der Waals surface area contributed by atoms with Gasteiger partial charge in [0.25, 0.3) is 0 Å². The number of allylic oxidation sites excluding steroid dienone is 1. The largest absolute Gasteiger partial charge is 0.369 e. The molecule has 0 radical (unpaired) electrons. The lowest BCUT2D eigenvalue weighted by Crippen LogP contribution is -2.54. The van der Waals surface area contributed by atoms with Crippen molar-refractivity contribution in [1.82, 2.24) is 10.2 Å². The third-order valence-corrected chi connectivity index (χ3v) is 6.29. The Labute approximate surface area is 164 Å². The van der Waals surface area contributed by atoms with Crippen molar-refractivity contribution in [2.24, 2.45) is 0 Å². The fourth-order valence-electron chi connectivity index (χ4n) is 4.22. The van der Waals surface area contributed by atoms with Crippen molar-refractivity contribution in [1.29, 1.82) is 0 Å². The van der Waals surface area contributed by atoms with E-state index in [1.807, 2.05) is 6.92 Å². The van der Waals surface area contributed by atoms with Crippen LogP contribution in [0.15, 0.2) is 29.8 Å². The molecule has 0 bridgehead atoms. The second-order valence-corrected chi connectivity index (χ2v) is 8.07. The zero-order valence-corrected chi connectivity index (χ0v) is 17.3. The van der Waals surface area contributed by atoms with E-state index in [1.54, 1.807) is 0 Å². The van der Waals surface area contributed by atoms with Crippen molar-refractivity contribution in [3.05, 3.63) is 41.0 Å². The predicted octanol–water partition coefficient (Wildman–Crippen LogP) is 3.82. The van der Waals surface area contributed by atoms with Gasteiger partial charge in [0, 0.05) is 38.4 Å². The highest BCUT2D eigenvalue weighted by Crippen LogP contribution is 2.24. The van der Waals surface area contributed by atoms with Crippen LogP contribution < -0.4 is 10.2 Å². The Hall–Kier alpha value is -1.81. The van der Waals surface area contributed by atoms with Crippen LogP contribution in [0.2, 0.25) is 0 Å².